The first-order valence-corrected chi connectivity index (χ1v) is 5.83. The summed E-state index contributed by atoms with van der Waals surface area (Å²) >= 11 is 0. The number of allylic oxidation sites excluding steroid dienone is 1. The van der Waals surface area contributed by atoms with Gasteiger partial charge in [-0.3, -0.25) is 0 Å². The molecule has 0 saturated heterocycles. The molecule has 0 aliphatic heterocycles. The Morgan fingerprint density at radius 2 is 1.71 bits per heavy atom. The molecule has 0 aromatic heterocycles. The van der Waals surface area contributed by atoms with Crippen LogP contribution in [0.5, 0.6) is 0 Å². The highest BCUT2D eigenvalue weighted by Crippen LogP contribution is 2.57. The van der Waals surface area contributed by atoms with Crippen LogP contribution in [-0.2, 0) is 10.2 Å². The van der Waals surface area contributed by atoms with E-state index in [0.29, 0.717) is 0 Å². The molecule has 0 amide bonds. The fourth-order valence-electron chi connectivity index (χ4n) is 2.65. The maximum Gasteiger partial charge on any atom is 0.328 e. The van der Waals surface area contributed by atoms with Crippen LogP contribution in [0.4, 0.5) is 0 Å². The van der Waals surface area contributed by atoms with Gasteiger partial charge in [-0.1, -0.05) is 52.0 Å². The molecule has 1 aromatic carbocycles. The lowest BCUT2D eigenvalue weighted by atomic mass is 9.67. The quantitative estimate of drug-likeness (QED) is 0.750. The maximum absolute atomic E-state index is 11.0. The predicted molar refractivity (Wildman–Crippen MR) is 68.9 cm³/mol. The van der Waals surface area contributed by atoms with E-state index >= 15 is 0 Å². The van der Waals surface area contributed by atoms with Crippen LogP contribution in [0.2, 0.25) is 0 Å². The summed E-state index contributed by atoms with van der Waals surface area (Å²) in [6.07, 6.45) is 1.35. The highest BCUT2D eigenvalue weighted by Gasteiger charge is 2.48. The Hall–Kier alpha value is -1.57. The van der Waals surface area contributed by atoms with E-state index in [0.717, 1.165) is 11.1 Å². The van der Waals surface area contributed by atoms with Gasteiger partial charge >= 0.3 is 5.97 Å². The molecule has 17 heavy (non-hydrogen) atoms. The van der Waals surface area contributed by atoms with Crippen molar-refractivity contribution in [1.82, 2.24) is 0 Å². The number of hydrogen-bond donors (Lipinski definition) is 1. The molecule has 90 valence electrons. The van der Waals surface area contributed by atoms with Gasteiger partial charge in [-0.15, -0.1) is 0 Å². The summed E-state index contributed by atoms with van der Waals surface area (Å²) in [5.74, 6) is -0.874. The van der Waals surface area contributed by atoms with Crippen LogP contribution in [0.3, 0.4) is 0 Å². The van der Waals surface area contributed by atoms with Gasteiger partial charge in [0.1, 0.15) is 0 Å². The normalized spacial score (nSPS) is 22.5. The van der Waals surface area contributed by atoms with Gasteiger partial charge in [-0.25, -0.2) is 4.79 Å². The Kier molecular flexibility index (Phi) is 2.42. The largest absolute Gasteiger partial charge is 0.478 e. The van der Waals surface area contributed by atoms with Crippen molar-refractivity contribution >= 4 is 11.5 Å². The molecule has 2 nitrogen and oxygen atoms in total. The van der Waals surface area contributed by atoms with Gasteiger partial charge in [-0.05, 0) is 27.5 Å². The van der Waals surface area contributed by atoms with E-state index in [-0.39, 0.29) is 10.8 Å². The molecule has 2 heteroatoms. The van der Waals surface area contributed by atoms with E-state index in [1.165, 1.54) is 11.6 Å². The van der Waals surface area contributed by atoms with Crippen LogP contribution >= 0.6 is 0 Å². The summed E-state index contributed by atoms with van der Waals surface area (Å²) < 4.78 is 0. The van der Waals surface area contributed by atoms with Gasteiger partial charge in [0.25, 0.3) is 0 Å². The second-order valence-corrected chi connectivity index (χ2v) is 5.69. The minimum absolute atomic E-state index is 0.0507. The highest BCUT2D eigenvalue weighted by atomic mass is 16.4. The number of carboxylic acids is 1. The number of carboxylic acid groups (broad SMARTS) is 1. The molecule has 0 radical (unpaired) electrons. The first kappa shape index (κ1) is 11.9. The van der Waals surface area contributed by atoms with Gasteiger partial charge < -0.3 is 5.11 Å². The van der Waals surface area contributed by atoms with Crippen LogP contribution in [0.25, 0.3) is 5.57 Å². The first-order valence-electron chi connectivity index (χ1n) is 5.83. The molecule has 0 bridgehead atoms. The summed E-state index contributed by atoms with van der Waals surface area (Å²) in [5.41, 5.74) is 3.01. The molecule has 0 saturated carbocycles. The Labute approximate surface area is 102 Å². The molecule has 0 spiro atoms. The van der Waals surface area contributed by atoms with Crippen molar-refractivity contribution in [2.24, 2.45) is 5.41 Å². The smallest absolute Gasteiger partial charge is 0.328 e. The van der Waals surface area contributed by atoms with E-state index in [1.54, 1.807) is 0 Å². The SMILES string of the molecule is CC1(C)/C(=C/C(=O)O)c2ccccc2C1(C)C. The van der Waals surface area contributed by atoms with E-state index in [4.69, 9.17) is 5.11 Å². The van der Waals surface area contributed by atoms with Crippen molar-refractivity contribution in [3.63, 3.8) is 0 Å². The molecule has 0 heterocycles. The zero-order chi connectivity index (χ0) is 12.8. The zero-order valence-corrected chi connectivity index (χ0v) is 10.7. The minimum atomic E-state index is -0.874. The molecular formula is C15H18O2. The van der Waals surface area contributed by atoms with E-state index in [2.05, 4.69) is 33.8 Å². The Morgan fingerprint density at radius 1 is 1.12 bits per heavy atom. The van der Waals surface area contributed by atoms with Crippen molar-refractivity contribution in [2.45, 2.75) is 33.1 Å². The summed E-state index contributed by atoms with van der Waals surface area (Å²) in [7, 11) is 0. The van der Waals surface area contributed by atoms with E-state index < -0.39 is 5.97 Å². The maximum atomic E-state index is 11.0. The molecule has 0 atom stereocenters. The minimum Gasteiger partial charge on any atom is -0.478 e. The number of fused-ring (bicyclic) bond motifs is 1. The third kappa shape index (κ3) is 1.51. The summed E-state index contributed by atoms with van der Waals surface area (Å²) in [6, 6.07) is 8.09. The number of aliphatic carboxylic acids is 1. The molecule has 1 aliphatic carbocycles. The molecule has 2 rings (SSSR count). The fraction of sp³-hybridized carbons (Fsp3) is 0.400. The molecule has 0 unspecified atom stereocenters. The molecule has 1 aromatic rings. The standard InChI is InChI=1S/C15H18O2/c1-14(2)11-8-6-5-7-10(11)12(9-13(16)17)15(14,3)4/h5-9H,1-4H3,(H,16,17)/b12-9+. The van der Waals surface area contributed by atoms with Crippen molar-refractivity contribution < 1.29 is 9.90 Å². The van der Waals surface area contributed by atoms with Gasteiger partial charge in [0, 0.05) is 6.08 Å². The number of benzene rings is 1. The Morgan fingerprint density at radius 3 is 2.29 bits per heavy atom. The fourth-order valence-corrected chi connectivity index (χ4v) is 2.65. The van der Waals surface area contributed by atoms with Crippen molar-refractivity contribution in [2.75, 3.05) is 0 Å². The summed E-state index contributed by atoms with van der Waals surface area (Å²) in [4.78, 5) is 11.0. The van der Waals surface area contributed by atoms with Crippen molar-refractivity contribution in [1.29, 1.82) is 0 Å². The highest BCUT2D eigenvalue weighted by molar-refractivity contribution is 5.94. The Balaban J connectivity index is 2.75. The lowest BCUT2D eigenvalue weighted by molar-refractivity contribution is -0.131. The summed E-state index contributed by atoms with van der Waals surface area (Å²) in [5, 5.41) is 9.03. The van der Waals surface area contributed by atoms with Gasteiger partial charge in [0.2, 0.25) is 0 Å². The summed E-state index contributed by atoms with van der Waals surface area (Å²) in [6.45, 7) is 8.58. The zero-order valence-electron chi connectivity index (χ0n) is 10.7. The third-order valence-corrected chi connectivity index (χ3v) is 4.39. The van der Waals surface area contributed by atoms with Gasteiger partial charge in [-0.2, -0.15) is 0 Å². The van der Waals surface area contributed by atoms with Crippen LogP contribution in [0, 0.1) is 5.41 Å². The van der Waals surface area contributed by atoms with Crippen molar-refractivity contribution in [3.8, 4) is 0 Å². The van der Waals surface area contributed by atoms with Crippen LogP contribution in [0.1, 0.15) is 38.8 Å². The van der Waals surface area contributed by atoms with Gasteiger partial charge in [0.15, 0.2) is 0 Å². The third-order valence-electron chi connectivity index (χ3n) is 4.39. The molecule has 0 fully saturated rings. The predicted octanol–water partition coefficient (Wildman–Crippen LogP) is 3.47. The average Bonchev–Trinajstić information content (AvgIpc) is 2.38. The average molecular weight is 230 g/mol. The van der Waals surface area contributed by atoms with E-state index in [1.807, 2.05) is 18.2 Å². The monoisotopic (exact) mass is 230 g/mol. The second kappa shape index (κ2) is 3.46. The lowest BCUT2D eigenvalue weighted by Gasteiger charge is -2.36. The number of carbonyl (C=O) groups is 1. The number of hydrogen-bond acceptors (Lipinski definition) is 1. The van der Waals surface area contributed by atoms with Crippen LogP contribution in [0.15, 0.2) is 30.3 Å². The molecular weight excluding hydrogens is 212 g/mol. The number of rotatable bonds is 1. The first-order chi connectivity index (χ1) is 7.78. The Bertz CT molecular complexity index is 507. The lowest BCUT2D eigenvalue weighted by Crippen LogP contribution is -2.31. The van der Waals surface area contributed by atoms with E-state index in [9.17, 15) is 4.79 Å². The van der Waals surface area contributed by atoms with Crippen molar-refractivity contribution in [3.05, 3.63) is 41.5 Å². The molecule has 1 N–H and O–H groups in total. The second-order valence-electron chi connectivity index (χ2n) is 5.69. The molecule has 1 aliphatic rings. The van der Waals surface area contributed by atoms with Crippen LogP contribution < -0.4 is 0 Å². The topological polar surface area (TPSA) is 37.3 Å². The van der Waals surface area contributed by atoms with Gasteiger partial charge in [0.05, 0.1) is 0 Å². The van der Waals surface area contributed by atoms with Crippen LogP contribution in [-0.4, -0.2) is 11.1 Å².